The minimum Gasteiger partial charge on any atom is -0.323 e. The Labute approximate surface area is 98.2 Å². The maximum Gasteiger partial charge on any atom is 0.244 e. The van der Waals surface area contributed by atoms with E-state index in [2.05, 4.69) is 5.32 Å². The van der Waals surface area contributed by atoms with E-state index in [-0.39, 0.29) is 30.7 Å². The van der Waals surface area contributed by atoms with Crippen LogP contribution in [0.2, 0.25) is 0 Å². The maximum atomic E-state index is 11.8. The van der Waals surface area contributed by atoms with Crippen LogP contribution in [0.15, 0.2) is 24.3 Å². The molecule has 1 aliphatic rings. The maximum absolute atomic E-state index is 11.8. The average molecular weight is 239 g/mol. The summed E-state index contributed by atoms with van der Waals surface area (Å²) in [7, 11) is 0. The van der Waals surface area contributed by atoms with Gasteiger partial charge in [-0.15, -0.1) is 11.6 Å². The number of carbonyl (C=O) groups excluding carboxylic acids is 2. The summed E-state index contributed by atoms with van der Waals surface area (Å²) in [5, 5.41) is 2.72. The molecule has 5 heteroatoms. The summed E-state index contributed by atoms with van der Waals surface area (Å²) in [5.74, 6) is -0.0435. The zero-order valence-electron chi connectivity index (χ0n) is 8.57. The number of nitrogens with zero attached hydrogens (tertiary/aromatic N) is 1. The zero-order chi connectivity index (χ0) is 11.5. The van der Waals surface area contributed by atoms with Crippen molar-refractivity contribution in [2.45, 2.75) is 6.42 Å². The number of hydrogen-bond donors (Lipinski definition) is 1. The van der Waals surface area contributed by atoms with Crippen molar-refractivity contribution in [1.29, 1.82) is 0 Å². The SMILES string of the molecule is O=C1CN(C(=O)CCCl)c2ccccc2N1. The van der Waals surface area contributed by atoms with Gasteiger partial charge in [0.05, 0.1) is 11.4 Å². The number of para-hydroxylation sites is 2. The average Bonchev–Trinajstić information content (AvgIpc) is 2.28. The molecule has 1 aromatic carbocycles. The molecule has 0 aliphatic carbocycles. The van der Waals surface area contributed by atoms with Crippen LogP contribution >= 0.6 is 11.6 Å². The fraction of sp³-hybridized carbons (Fsp3) is 0.273. The Morgan fingerprint density at radius 3 is 2.94 bits per heavy atom. The van der Waals surface area contributed by atoms with Gasteiger partial charge in [0.1, 0.15) is 6.54 Å². The topological polar surface area (TPSA) is 49.4 Å². The first-order valence-electron chi connectivity index (χ1n) is 4.97. The van der Waals surface area contributed by atoms with Crippen molar-refractivity contribution in [3.8, 4) is 0 Å². The van der Waals surface area contributed by atoms with E-state index in [9.17, 15) is 9.59 Å². The number of halogens is 1. The summed E-state index contributed by atoms with van der Waals surface area (Å²) in [6.07, 6.45) is 0.239. The monoisotopic (exact) mass is 238 g/mol. The van der Waals surface area contributed by atoms with Gasteiger partial charge in [0, 0.05) is 12.3 Å². The zero-order valence-corrected chi connectivity index (χ0v) is 9.33. The number of hydrogen-bond acceptors (Lipinski definition) is 2. The molecule has 84 valence electrons. The predicted octanol–water partition coefficient (Wildman–Crippen LogP) is 1.60. The minimum atomic E-state index is -0.179. The van der Waals surface area contributed by atoms with Crippen LogP contribution in [0.4, 0.5) is 11.4 Å². The summed E-state index contributed by atoms with van der Waals surface area (Å²) in [4.78, 5) is 24.6. The fourth-order valence-corrected chi connectivity index (χ4v) is 1.83. The molecular weight excluding hydrogens is 228 g/mol. The van der Waals surface area contributed by atoms with Crippen LogP contribution < -0.4 is 10.2 Å². The molecule has 0 aromatic heterocycles. The van der Waals surface area contributed by atoms with Crippen molar-refractivity contribution < 1.29 is 9.59 Å². The molecule has 2 amide bonds. The van der Waals surface area contributed by atoms with E-state index < -0.39 is 0 Å². The van der Waals surface area contributed by atoms with E-state index >= 15 is 0 Å². The van der Waals surface area contributed by atoms with Gasteiger partial charge in [-0.05, 0) is 12.1 Å². The van der Waals surface area contributed by atoms with Gasteiger partial charge in [0.15, 0.2) is 0 Å². The van der Waals surface area contributed by atoms with Crippen LogP contribution in [-0.4, -0.2) is 24.2 Å². The number of nitrogens with one attached hydrogen (secondary N) is 1. The van der Waals surface area contributed by atoms with Gasteiger partial charge in [-0.2, -0.15) is 0 Å². The molecule has 0 fully saturated rings. The second-order valence-electron chi connectivity index (χ2n) is 3.48. The van der Waals surface area contributed by atoms with E-state index in [0.717, 1.165) is 5.69 Å². The lowest BCUT2D eigenvalue weighted by molar-refractivity contribution is -0.121. The van der Waals surface area contributed by atoms with Crippen LogP contribution in [0.1, 0.15) is 6.42 Å². The molecule has 1 aromatic rings. The normalized spacial score (nSPS) is 14.3. The highest BCUT2D eigenvalue weighted by Gasteiger charge is 2.25. The summed E-state index contributed by atoms with van der Waals surface area (Å²) in [6, 6.07) is 7.22. The highest BCUT2D eigenvalue weighted by molar-refractivity contribution is 6.20. The largest absolute Gasteiger partial charge is 0.323 e. The number of carbonyl (C=O) groups is 2. The lowest BCUT2D eigenvalue weighted by atomic mass is 10.2. The highest BCUT2D eigenvalue weighted by Crippen LogP contribution is 2.29. The standard InChI is InChI=1S/C11H11ClN2O2/c12-6-5-11(16)14-7-10(15)13-8-3-1-2-4-9(8)14/h1-4H,5-7H2,(H,13,15). The Morgan fingerprint density at radius 2 is 2.19 bits per heavy atom. The third kappa shape index (κ3) is 2.02. The number of anilines is 2. The number of rotatable bonds is 2. The van der Waals surface area contributed by atoms with Gasteiger partial charge in [-0.3, -0.25) is 9.59 Å². The van der Waals surface area contributed by atoms with Gasteiger partial charge in [-0.1, -0.05) is 12.1 Å². The number of benzene rings is 1. The summed E-state index contributed by atoms with van der Waals surface area (Å²) >= 11 is 5.53. The lowest BCUT2D eigenvalue weighted by Gasteiger charge is -2.28. The Bertz CT molecular complexity index is 434. The fourth-order valence-electron chi connectivity index (χ4n) is 1.67. The quantitative estimate of drug-likeness (QED) is 0.796. The van der Waals surface area contributed by atoms with Crippen LogP contribution in [0.25, 0.3) is 0 Å². The van der Waals surface area contributed by atoms with Crippen molar-refractivity contribution in [1.82, 2.24) is 0 Å². The molecule has 16 heavy (non-hydrogen) atoms. The second-order valence-corrected chi connectivity index (χ2v) is 3.86. The molecule has 0 radical (unpaired) electrons. The first-order valence-corrected chi connectivity index (χ1v) is 5.51. The molecule has 2 rings (SSSR count). The molecule has 0 spiro atoms. The second kappa shape index (κ2) is 4.53. The smallest absolute Gasteiger partial charge is 0.244 e. The molecule has 0 bridgehead atoms. The van der Waals surface area contributed by atoms with Crippen LogP contribution in [0.5, 0.6) is 0 Å². The van der Waals surface area contributed by atoms with Gasteiger partial charge >= 0.3 is 0 Å². The minimum absolute atomic E-state index is 0.0622. The van der Waals surface area contributed by atoms with E-state index in [1.165, 1.54) is 4.90 Å². The molecule has 0 unspecified atom stereocenters. The summed E-state index contributed by atoms with van der Waals surface area (Å²) in [6.45, 7) is 0.0622. The third-order valence-corrected chi connectivity index (χ3v) is 2.57. The van der Waals surface area contributed by atoms with E-state index in [0.29, 0.717) is 5.69 Å². The first-order chi connectivity index (χ1) is 7.72. The van der Waals surface area contributed by atoms with E-state index in [4.69, 9.17) is 11.6 Å². The van der Waals surface area contributed by atoms with Crippen molar-refractivity contribution in [3.05, 3.63) is 24.3 Å². The molecule has 0 atom stereocenters. The molecule has 0 saturated heterocycles. The van der Waals surface area contributed by atoms with Crippen LogP contribution in [-0.2, 0) is 9.59 Å². The number of alkyl halides is 1. The Hall–Kier alpha value is -1.55. The predicted molar refractivity (Wildman–Crippen MR) is 62.8 cm³/mol. The van der Waals surface area contributed by atoms with Gasteiger partial charge < -0.3 is 10.2 Å². The Balaban J connectivity index is 2.33. The first kappa shape index (κ1) is 11.0. The van der Waals surface area contributed by atoms with Crippen molar-refractivity contribution in [2.75, 3.05) is 22.6 Å². The molecular formula is C11H11ClN2O2. The highest BCUT2D eigenvalue weighted by atomic mass is 35.5. The molecule has 1 aliphatic heterocycles. The third-order valence-electron chi connectivity index (χ3n) is 2.38. The van der Waals surface area contributed by atoms with Crippen LogP contribution in [0.3, 0.4) is 0 Å². The van der Waals surface area contributed by atoms with Gasteiger partial charge in [-0.25, -0.2) is 0 Å². The summed E-state index contributed by atoms with van der Waals surface area (Å²) in [5.41, 5.74) is 1.40. The van der Waals surface area contributed by atoms with Crippen molar-refractivity contribution >= 4 is 34.8 Å². The summed E-state index contributed by atoms with van der Waals surface area (Å²) < 4.78 is 0. The van der Waals surface area contributed by atoms with E-state index in [1.807, 2.05) is 12.1 Å². The molecule has 4 nitrogen and oxygen atoms in total. The van der Waals surface area contributed by atoms with Gasteiger partial charge in [0.25, 0.3) is 0 Å². The van der Waals surface area contributed by atoms with Gasteiger partial charge in [0.2, 0.25) is 11.8 Å². The number of fused-ring (bicyclic) bond motifs is 1. The Morgan fingerprint density at radius 1 is 1.44 bits per heavy atom. The van der Waals surface area contributed by atoms with Crippen LogP contribution in [0, 0.1) is 0 Å². The molecule has 1 heterocycles. The Kier molecular flexibility index (Phi) is 3.10. The van der Waals surface area contributed by atoms with E-state index in [1.54, 1.807) is 12.1 Å². The molecule has 0 saturated carbocycles. The lowest BCUT2D eigenvalue weighted by Crippen LogP contribution is -2.42. The van der Waals surface area contributed by atoms with Crippen molar-refractivity contribution in [2.24, 2.45) is 0 Å². The molecule has 1 N–H and O–H groups in total. The number of amides is 2. The van der Waals surface area contributed by atoms with Crippen molar-refractivity contribution in [3.63, 3.8) is 0 Å².